The lowest BCUT2D eigenvalue weighted by Crippen LogP contribution is -2.37. The molecule has 1 atom stereocenters. The molecule has 0 fully saturated rings. The summed E-state index contributed by atoms with van der Waals surface area (Å²) in [6, 6.07) is 15.0. The van der Waals surface area contributed by atoms with E-state index in [1.807, 2.05) is 36.4 Å². The van der Waals surface area contributed by atoms with Gasteiger partial charge in [0.15, 0.2) is 0 Å². The van der Waals surface area contributed by atoms with Crippen molar-refractivity contribution in [1.82, 2.24) is 0 Å². The van der Waals surface area contributed by atoms with Gasteiger partial charge in [0.2, 0.25) is 5.91 Å². The predicted molar refractivity (Wildman–Crippen MR) is 83.5 cm³/mol. The highest BCUT2D eigenvalue weighted by Gasteiger charge is 2.27. The average molecular weight is 302 g/mol. The fourth-order valence-corrected chi connectivity index (χ4v) is 2.87. The molecule has 0 saturated carbocycles. The summed E-state index contributed by atoms with van der Waals surface area (Å²) < 4.78 is 0. The maximum absolute atomic E-state index is 12.5. The summed E-state index contributed by atoms with van der Waals surface area (Å²) >= 11 is 5.98. The molecule has 4 heteroatoms. The van der Waals surface area contributed by atoms with Crippen molar-refractivity contribution in [3.63, 3.8) is 0 Å². The summed E-state index contributed by atoms with van der Waals surface area (Å²) in [6.45, 7) is 0.529. The molecular formula is C17H16ClNO2. The Morgan fingerprint density at radius 1 is 1.24 bits per heavy atom. The number of halogens is 1. The first-order valence-electron chi connectivity index (χ1n) is 6.97. The second-order valence-corrected chi connectivity index (χ2v) is 5.65. The topological polar surface area (TPSA) is 40.5 Å². The third-order valence-corrected chi connectivity index (χ3v) is 4.00. The number of aliphatic hydroxyl groups is 1. The summed E-state index contributed by atoms with van der Waals surface area (Å²) in [4.78, 5) is 14.3. The lowest BCUT2D eigenvalue weighted by molar-refractivity contribution is -0.118. The lowest BCUT2D eigenvalue weighted by Gasteiger charge is -2.32. The van der Waals surface area contributed by atoms with E-state index in [1.165, 1.54) is 0 Å². The number of carbonyl (C=O) groups is 1. The first kappa shape index (κ1) is 14.1. The number of carbonyl (C=O) groups excluding carboxylic acids is 1. The number of amides is 1. The van der Waals surface area contributed by atoms with E-state index in [9.17, 15) is 9.90 Å². The fourth-order valence-electron chi connectivity index (χ4n) is 2.69. The van der Waals surface area contributed by atoms with Crippen LogP contribution >= 0.6 is 11.6 Å². The monoisotopic (exact) mass is 301 g/mol. The van der Waals surface area contributed by atoms with Gasteiger partial charge in [-0.15, -0.1) is 0 Å². The molecule has 21 heavy (non-hydrogen) atoms. The lowest BCUT2D eigenvalue weighted by atomic mass is 9.98. The highest BCUT2D eigenvalue weighted by Crippen LogP contribution is 2.35. The van der Waals surface area contributed by atoms with Crippen molar-refractivity contribution in [2.45, 2.75) is 18.9 Å². The van der Waals surface area contributed by atoms with Crippen LogP contribution in [0, 0.1) is 0 Å². The Kier molecular flexibility index (Phi) is 3.95. The van der Waals surface area contributed by atoms with Crippen molar-refractivity contribution in [3.05, 3.63) is 64.7 Å². The number of nitrogens with zero attached hydrogens (tertiary/aromatic N) is 1. The van der Waals surface area contributed by atoms with Gasteiger partial charge >= 0.3 is 0 Å². The van der Waals surface area contributed by atoms with Crippen LogP contribution in [0.25, 0.3) is 0 Å². The quantitative estimate of drug-likeness (QED) is 0.924. The molecule has 0 saturated heterocycles. The standard InChI is InChI=1S/C17H16ClNO2/c18-13-6-7-15-14(11-13)16(20)8-9-19(15)17(21)10-12-4-2-1-3-5-12/h1-7,11,16,20H,8-10H2. The van der Waals surface area contributed by atoms with Gasteiger partial charge < -0.3 is 10.0 Å². The van der Waals surface area contributed by atoms with E-state index in [0.29, 0.717) is 24.4 Å². The number of aliphatic hydroxyl groups excluding tert-OH is 1. The van der Waals surface area contributed by atoms with Crippen molar-refractivity contribution < 1.29 is 9.90 Å². The van der Waals surface area contributed by atoms with Crippen LogP contribution in [0.4, 0.5) is 5.69 Å². The predicted octanol–water partition coefficient (Wildman–Crippen LogP) is 3.35. The Labute approximate surface area is 128 Å². The maximum atomic E-state index is 12.5. The molecule has 3 nitrogen and oxygen atoms in total. The van der Waals surface area contributed by atoms with E-state index < -0.39 is 6.10 Å². The number of benzene rings is 2. The molecule has 1 heterocycles. The number of hydrogen-bond donors (Lipinski definition) is 1. The van der Waals surface area contributed by atoms with Gasteiger partial charge in [-0.1, -0.05) is 41.9 Å². The highest BCUT2D eigenvalue weighted by atomic mass is 35.5. The Morgan fingerprint density at radius 3 is 2.76 bits per heavy atom. The minimum Gasteiger partial charge on any atom is -0.388 e. The SMILES string of the molecule is O=C(Cc1ccccc1)N1CCC(O)c2cc(Cl)ccc21. The summed E-state index contributed by atoms with van der Waals surface area (Å²) in [5.74, 6) is 0.0386. The van der Waals surface area contributed by atoms with E-state index in [2.05, 4.69) is 0 Å². The van der Waals surface area contributed by atoms with Crippen LogP contribution in [-0.2, 0) is 11.2 Å². The summed E-state index contributed by atoms with van der Waals surface area (Å²) in [5.41, 5.74) is 2.48. The van der Waals surface area contributed by atoms with Crippen molar-refractivity contribution in [2.24, 2.45) is 0 Å². The molecule has 2 aromatic carbocycles. The maximum Gasteiger partial charge on any atom is 0.231 e. The molecular weight excluding hydrogens is 286 g/mol. The van der Waals surface area contributed by atoms with Gasteiger partial charge in [-0.25, -0.2) is 0 Å². The minimum absolute atomic E-state index is 0.0386. The zero-order chi connectivity index (χ0) is 14.8. The van der Waals surface area contributed by atoms with Crippen LogP contribution in [0.1, 0.15) is 23.7 Å². The van der Waals surface area contributed by atoms with Crippen molar-refractivity contribution >= 4 is 23.2 Å². The molecule has 2 aromatic rings. The minimum atomic E-state index is -0.556. The summed E-state index contributed by atoms with van der Waals surface area (Å²) in [6.07, 6.45) is 0.340. The Hall–Kier alpha value is -1.84. The average Bonchev–Trinajstić information content (AvgIpc) is 2.49. The molecule has 1 unspecified atom stereocenters. The van der Waals surface area contributed by atoms with Crippen LogP contribution in [0.5, 0.6) is 0 Å². The molecule has 3 rings (SSSR count). The van der Waals surface area contributed by atoms with Crippen LogP contribution in [0.15, 0.2) is 48.5 Å². The third kappa shape index (κ3) is 2.94. The molecule has 1 aliphatic rings. The normalized spacial score (nSPS) is 17.4. The van der Waals surface area contributed by atoms with E-state index in [-0.39, 0.29) is 5.91 Å². The van der Waals surface area contributed by atoms with Crippen LogP contribution in [0.3, 0.4) is 0 Å². The van der Waals surface area contributed by atoms with Gasteiger partial charge in [0, 0.05) is 22.8 Å². The third-order valence-electron chi connectivity index (χ3n) is 3.76. The first-order chi connectivity index (χ1) is 10.1. The second kappa shape index (κ2) is 5.88. The van der Waals surface area contributed by atoms with Crippen molar-refractivity contribution in [2.75, 3.05) is 11.4 Å². The van der Waals surface area contributed by atoms with Gasteiger partial charge in [-0.2, -0.15) is 0 Å². The number of hydrogen-bond acceptors (Lipinski definition) is 2. The van der Waals surface area contributed by atoms with Gasteiger partial charge in [-0.3, -0.25) is 4.79 Å². The first-order valence-corrected chi connectivity index (χ1v) is 7.35. The van der Waals surface area contributed by atoms with Crippen molar-refractivity contribution in [3.8, 4) is 0 Å². The van der Waals surface area contributed by atoms with Gasteiger partial charge in [0.25, 0.3) is 0 Å². The number of anilines is 1. The summed E-state index contributed by atoms with van der Waals surface area (Å²) in [7, 11) is 0. The molecule has 108 valence electrons. The molecule has 0 radical (unpaired) electrons. The van der Waals surface area contributed by atoms with Gasteiger partial charge in [0.05, 0.1) is 12.5 Å². The number of rotatable bonds is 2. The van der Waals surface area contributed by atoms with E-state index in [4.69, 9.17) is 11.6 Å². The number of fused-ring (bicyclic) bond motifs is 1. The molecule has 1 aliphatic heterocycles. The summed E-state index contributed by atoms with van der Waals surface area (Å²) in [5, 5.41) is 10.7. The molecule has 0 spiro atoms. The van der Waals surface area contributed by atoms with Crippen LogP contribution in [-0.4, -0.2) is 17.6 Å². The smallest absolute Gasteiger partial charge is 0.231 e. The Morgan fingerprint density at radius 2 is 2.00 bits per heavy atom. The van der Waals surface area contributed by atoms with Gasteiger partial charge in [0.1, 0.15) is 0 Å². The molecule has 1 N–H and O–H groups in total. The van der Waals surface area contributed by atoms with Crippen LogP contribution in [0.2, 0.25) is 5.02 Å². The zero-order valence-corrected chi connectivity index (χ0v) is 12.3. The molecule has 0 aliphatic carbocycles. The molecule has 0 bridgehead atoms. The van der Waals surface area contributed by atoms with E-state index in [1.54, 1.807) is 17.0 Å². The van der Waals surface area contributed by atoms with E-state index in [0.717, 1.165) is 16.8 Å². The Bertz CT molecular complexity index is 657. The van der Waals surface area contributed by atoms with Crippen molar-refractivity contribution in [1.29, 1.82) is 0 Å². The zero-order valence-electron chi connectivity index (χ0n) is 11.5. The molecule has 0 aromatic heterocycles. The fraction of sp³-hybridized carbons (Fsp3) is 0.235. The largest absolute Gasteiger partial charge is 0.388 e. The molecule has 1 amide bonds. The highest BCUT2D eigenvalue weighted by molar-refractivity contribution is 6.30. The van der Waals surface area contributed by atoms with Crippen LogP contribution < -0.4 is 4.90 Å². The Balaban J connectivity index is 1.87. The second-order valence-electron chi connectivity index (χ2n) is 5.22. The van der Waals surface area contributed by atoms with E-state index >= 15 is 0 Å². The van der Waals surface area contributed by atoms with Gasteiger partial charge in [-0.05, 0) is 30.2 Å².